The summed E-state index contributed by atoms with van der Waals surface area (Å²) in [4.78, 5) is 16.0. The van der Waals surface area contributed by atoms with Crippen LogP contribution in [0.5, 0.6) is 5.75 Å². The molecule has 0 atom stereocenters. The van der Waals surface area contributed by atoms with Gasteiger partial charge < -0.3 is 15.0 Å². The third-order valence-corrected chi connectivity index (χ3v) is 6.68. The van der Waals surface area contributed by atoms with E-state index in [1.807, 2.05) is 77.5 Å². The molecule has 5 rings (SSSR count). The van der Waals surface area contributed by atoms with Crippen LogP contribution in [0.1, 0.15) is 12.5 Å². The van der Waals surface area contributed by atoms with Crippen LogP contribution < -0.4 is 10.1 Å². The molecular weight excluding hydrogens is 458 g/mol. The molecule has 176 valence electrons. The number of para-hydroxylation sites is 1. The van der Waals surface area contributed by atoms with Gasteiger partial charge in [0.05, 0.1) is 18.6 Å². The van der Waals surface area contributed by atoms with Gasteiger partial charge >= 0.3 is 0 Å². The highest BCUT2D eigenvalue weighted by Crippen LogP contribution is 2.33. The molecule has 0 aliphatic rings. The number of amides is 1. The molecule has 0 unspecified atom stereocenters. The molecule has 0 saturated carbocycles. The minimum Gasteiger partial charge on any atom is -0.497 e. The number of methoxy groups -OCH3 is 1. The van der Waals surface area contributed by atoms with Gasteiger partial charge in [-0.15, -0.1) is 10.2 Å². The van der Waals surface area contributed by atoms with Crippen LogP contribution in [-0.2, 0) is 11.2 Å². The number of thioether (sulfide) groups is 1. The van der Waals surface area contributed by atoms with Crippen LogP contribution >= 0.6 is 11.8 Å². The largest absolute Gasteiger partial charge is 0.497 e. The van der Waals surface area contributed by atoms with Crippen LogP contribution in [0, 0.1) is 0 Å². The summed E-state index contributed by atoms with van der Waals surface area (Å²) in [7, 11) is 1.64. The van der Waals surface area contributed by atoms with Gasteiger partial charge in [-0.2, -0.15) is 0 Å². The highest BCUT2D eigenvalue weighted by atomic mass is 32.2. The van der Waals surface area contributed by atoms with E-state index in [1.54, 1.807) is 7.11 Å². The van der Waals surface area contributed by atoms with Crippen molar-refractivity contribution in [1.29, 1.82) is 0 Å². The van der Waals surface area contributed by atoms with E-state index < -0.39 is 0 Å². The smallest absolute Gasteiger partial charge is 0.234 e. The summed E-state index contributed by atoms with van der Waals surface area (Å²) in [5.41, 5.74) is 4.82. The van der Waals surface area contributed by atoms with Crippen molar-refractivity contribution in [1.82, 2.24) is 19.7 Å². The highest BCUT2D eigenvalue weighted by molar-refractivity contribution is 7.99. The average molecular weight is 484 g/mol. The fourth-order valence-corrected chi connectivity index (χ4v) is 4.68. The van der Waals surface area contributed by atoms with E-state index in [-0.39, 0.29) is 11.7 Å². The summed E-state index contributed by atoms with van der Waals surface area (Å²) < 4.78 is 7.41. The quantitative estimate of drug-likeness (QED) is 0.276. The van der Waals surface area contributed by atoms with Crippen LogP contribution in [0.3, 0.4) is 0 Å². The maximum absolute atomic E-state index is 12.7. The molecule has 0 bridgehead atoms. The predicted octanol–water partition coefficient (Wildman–Crippen LogP) is 5.72. The van der Waals surface area contributed by atoms with Crippen molar-refractivity contribution in [2.24, 2.45) is 0 Å². The van der Waals surface area contributed by atoms with E-state index in [9.17, 15) is 4.79 Å². The maximum Gasteiger partial charge on any atom is 0.234 e. The number of fused-ring (bicyclic) bond motifs is 1. The Hall–Kier alpha value is -4.04. The summed E-state index contributed by atoms with van der Waals surface area (Å²) in [5.74, 6) is 1.51. The fourth-order valence-electron chi connectivity index (χ4n) is 3.93. The number of aromatic nitrogens is 4. The van der Waals surface area contributed by atoms with Crippen LogP contribution in [0.4, 0.5) is 5.69 Å². The predicted molar refractivity (Wildman–Crippen MR) is 140 cm³/mol. The number of carbonyl (C=O) groups is 1. The molecule has 3 aromatic carbocycles. The minimum absolute atomic E-state index is 0.104. The van der Waals surface area contributed by atoms with E-state index in [0.29, 0.717) is 11.0 Å². The summed E-state index contributed by atoms with van der Waals surface area (Å²) in [6, 6.07) is 23.7. The SMILES string of the molecule is CCc1ccc(NC(=O)CSc2nnc(-c3c[nH]c4ccccc34)n2-c2cccc(OC)c2)cc1. The molecule has 35 heavy (non-hydrogen) atoms. The van der Waals surface area contributed by atoms with E-state index >= 15 is 0 Å². The van der Waals surface area contributed by atoms with Crippen molar-refractivity contribution < 1.29 is 9.53 Å². The van der Waals surface area contributed by atoms with Gasteiger partial charge in [-0.25, -0.2) is 0 Å². The van der Waals surface area contributed by atoms with Gasteiger partial charge in [0.25, 0.3) is 0 Å². The Morgan fingerprint density at radius 1 is 1.06 bits per heavy atom. The molecule has 0 radical (unpaired) electrons. The van der Waals surface area contributed by atoms with E-state index in [1.165, 1.54) is 17.3 Å². The maximum atomic E-state index is 12.7. The van der Waals surface area contributed by atoms with E-state index in [2.05, 4.69) is 33.5 Å². The first-order valence-corrected chi connectivity index (χ1v) is 12.3. The van der Waals surface area contributed by atoms with Crippen molar-refractivity contribution in [2.75, 3.05) is 18.2 Å². The fraction of sp³-hybridized carbons (Fsp3) is 0.148. The first-order valence-electron chi connectivity index (χ1n) is 11.3. The Kier molecular flexibility index (Phi) is 6.54. The number of nitrogens with one attached hydrogen (secondary N) is 2. The number of hydrogen-bond donors (Lipinski definition) is 2. The zero-order valence-electron chi connectivity index (χ0n) is 19.5. The summed E-state index contributed by atoms with van der Waals surface area (Å²) in [5, 5.41) is 13.6. The van der Waals surface area contributed by atoms with Crippen LogP contribution in [0.15, 0.2) is 84.1 Å². The molecule has 0 fully saturated rings. The second-order valence-electron chi connectivity index (χ2n) is 7.98. The molecule has 7 nitrogen and oxygen atoms in total. The lowest BCUT2D eigenvalue weighted by molar-refractivity contribution is -0.113. The summed E-state index contributed by atoms with van der Waals surface area (Å²) in [6.45, 7) is 2.10. The highest BCUT2D eigenvalue weighted by Gasteiger charge is 2.20. The number of nitrogens with zero attached hydrogens (tertiary/aromatic N) is 3. The Morgan fingerprint density at radius 3 is 2.69 bits per heavy atom. The van der Waals surface area contributed by atoms with Crippen molar-refractivity contribution in [3.63, 3.8) is 0 Å². The van der Waals surface area contributed by atoms with Gasteiger partial charge in [0.2, 0.25) is 5.91 Å². The monoisotopic (exact) mass is 483 g/mol. The van der Waals surface area contributed by atoms with Crippen molar-refractivity contribution in [3.05, 3.63) is 84.6 Å². The average Bonchev–Trinajstić information content (AvgIpc) is 3.52. The Bertz CT molecular complexity index is 1470. The van der Waals surface area contributed by atoms with Crippen molar-refractivity contribution in [2.45, 2.75) is 18.5 Å². The third-order valence-electron chi connectivity index (χ3n) is 5.75. The third kappa shape index (κ3) is 4.79. The van der Waals surface area contributed by atoms with Gasteiger partial charge in [-0.3, -0.25) is 9.36 Å². The van der Waals surface area contributed by atoms with Crippen LogP contribution in [0.25, 0.3) is 28.0 Å². The topological polar surface area (TPSA) is 84.8 Å². The Labute approximate surface area is 207 Å². The lowest BCUT2D eigenvalue weighted by Crippen LogP contribution is -2.14. The second kappa shape index (κ2) is 10.1. The Morgan fingerprint density at radius 2 is 1.89 bits per heavy atom. The number of anilines is 1. The van der Waals surface area contributed by atoms with Gasteiger partial charge in [-0.05, 0) is 42.3 Å². The summed E-state index contributed by atoms with van der Waals surface area (Å²) >= 11 is 1.34. The lowest BCUT2D eigenvalue weighted by atomic mass is 10.1. The summed E-state index contributed by atoms with van der Waals surface area (Å²) in [6.07, 6.45) is 2.90. The van der Waals surface area contributed by atoms with Crippen LogP contribution in [0.2, 0.25) is 0 Å². The molecule has 2 heterocycles. The number of ether oxygens (including phenoxy) is 1. The van der Waals surface area contributed by atoms with E-state index in [0.717, 1.165) is 40.0 Å². The van der Waals surface area contributed by atoms with Crippen molar-refractivity contribution >= 4 is 34.3 Å². The molecule has 2 N–H and O–H groups in total. The van der Waals surface area contributed by atoms with Gasteiger partial charge in [-0.1, -0.05) is 55.1 Å². The molecule has 0 spiro atoms. The Balaban J connectivity index is 1.45. The zero-order chi connectivity index (χ0) is 24.2. The zero-order valence-corrected chi connectivity index (χ0v) is 20.3. The number of aryl methyl sites for hydroxylation is 1. The normalized spacial score (nSPS) is 11.0. The molecule has 0 saturated heterocycles. The lowest BCUT2D eigenvalue weighted by Gasteiger charge is -2.11. The molecule has 8 heteroatoms. The molecular formula is C27H25N5O2S. The van der Waals surface area contributed by atoms with Gasteiger partial charge in [0.1, 0.15) is 5.75 Å². The van der Waals surface area contributed by atoms with Crippen LogP contribution in [-0.4, -0.2) is 38.5 Å². The van der Waals surface area contributed by atoms with Crippen molar-refractivity contribution in [3.8, 4) is 22.8 Å². The number of carbonyl (C=O) groups excluding carboxylic acids is 1. The number of hydrogen-bond acceptors (Lipinski definition) is 5. The molecule has 2 aromatic heterocycles. The first kappa shape index (κ1) is 22.7. The number of benzene rings is 3. The molecule has 5 aromatic rings. The minimum atomic E-state index is -0.104. The van der Waals surface area contributed by atoms with Gasteiger partial charge in [0, 0.05) is 34.4 Å². The van der Waals surface area contributed by atoms with Gasteiger partial charge in [0.15, 0.2) is 11.0 Å². The number of H-pyrrole nitrogens is 1. The molecule has 0 aliphatic heterocycles. The number of rotatable bonds is 8. The molecule has 1 amide bonds. The van der Waals surface area contributed by atoms with E-state index in [4.69, 9.17) is 4.74 Å². The second-order valence-corrected chi connectivity index (χ2v) is 8.92. The standard InChI is InChI=1S/C27H25N5O2S/c1-3-18-11-13-19(14-12-18)29-25(33)17-35-27-31-30-26(23-16-28-24-10-5-4-9-22(23)24)32(27)20-7-6-8-21(15-20)34-2/h4-16,28H,3,17H2,1-2H3,(H,29,33). The number of aromatic amines is 1. The molecule has 0 aliphatic carbocycles. The first-order chi connectivity index (χ1) is 17.2.